The molecule has 1 amide bonds. The molecule has 1 saturated carbocycles. The highest BCUT2D eigenvalue weighted by Gasteiger charge is 2.32. The Morgan fingerprint density at radius 2 is 2.04 bits per heavy atom. The quantitative estimate of drug-likeness (QED) is 0.569. The summed E-state index contributed by atoms with van der Waals surface area (Å²) < 4.78 is 0. The van der Waals surface area contributed by atoms with Crippen LogP contribution in [0.15, 0.2) is 36.4 Å². The third kappa shape index (κ3) is 3.48. The van der Waals surface area contributed by atoms with Crippen LogP contribution in [0.2, 0.25) is 0 Å². The highest BCUT2D eigenvalue weighted by molar-refractivity contribution is 7.14. The number of hydrogen-bond donors (Lipinski definition) is 0. The van der Waals surface area contributed by atoms with E-state index in [4.69, 9.17) is 0 Å². The highest BCUT2D eigenvalue weighted by Crippen LogP contribution is 2.35. The van der Waals surface area contributed by atoms with Gasteiger partial charge in [-0.05, 0) is 38.2 Å². The molecule has 1 heterocycles. The molecule has 1 aliphatic carbocycles. The average molecular weight is 344 g/mol. The molecule has 126 valence electrons. The van der Waals surface area contributed by atoms with E-state index in [1.165, 1.54) is 17.4 Å². The minimum Gasteiger partial charge on any atom is -0.331 e. The lowest BCUT2D eigenvalue weighted by atomic mass is 10.1. The minimum atomic E-state index is -0.422. The van der Waals surface area contributed by atoms with Crippen molar-refractivity contribution in [1.82, 2.24) is 4.90 Å². The molecule has 2 aromatic rings. The summed E-state index contributed by atoms with van der Waals surface area (Å²) in [5.74, 6) is 0.440. The Bertz CT molecular complexity index is 753. The molecule has 0 saturated heterocycles. The maximum absolute atomic E-state index is 13.0. The van der Waals surface area contributed by atoms with Gasteiger partial charge >= 0.3 is 0 Å². The molecular weight excluding hydrogens is 324 g/mol. The third-order valence-electron chi connectivity index (χ3n) is 4.46. The van der Waals surface area contributed by atoms with Gasteiger partial charge in [0, 0.05) is 12.6 Å². The number of hydrogen-bond acceptors (Lipinski definition) is 4. The molecule has 1 fully saturated rings. The predicted octanol–water partition coefficient (Wildman–Crippen LogP) is 4.58. The molecule has 0 bridgehead atoms. The van der Waals surface area contributed by atoms with E-state index in [2.05, 4.69) is 0 Å². The summed E-state index contributed by atoms with van der Waals surface area (Å²) in [7, 11) is 0. The first-order valence-electron chi connectivity index (χ1n) is 8.08. The van der Waals surface area contributed by atoms with Gasteiger partial charge in [-0.25, -0.2) is 0 Å². The van der Waals surface area contributed by atoms with Crippen molar-refractivity contribution < 1.29 is 9.72 Å². The molecule has 3 rings (SSSR count). The summed E-state index contributed by atoms with van der Waals surface area (Å²) in [6.07, 6.45) is 2.30. The van der Waals surface area contributed by atoms with Crippen LogP contribution >= 0.6 is 11.3 Å². The smallest absolute Gasteiger partial charge is 0.283 e. The SMILES string of the molecule is Cc1sc(C(=O)N(CC2CC2)C(C)c2ccccc2)cc1[N+](=O)[O-]. The highest BCUT2D eigenvalue weighted by atomic mass is 32.1. The molecule has 24 heavy (non-hydrogen) atoms. The summed E-state index contributed by atoms with van der Waals surface area (Å²) in [6, 6.07) is 11.3. The van der Waals surface area contributed by atoms with Crippen molar-refractivity contribution in [2.75, 3.05) is 6.54 Å². The first kappa shape index (κ1) is 16.6. The first-order valence-corrected chi connectivity index (χ1v) is 8.89. The van der Waals surface area contributed by atoms with Crippen LogP contribution in [0.1, 0.15) is 45.9 Å². The first-order chi connectivity index (χ1) is 11.5. The largest absolute Gasteiger partial charge is 0.331 e. The standard InChI is InChI=1S/C18H20N2O3S/c1-12(15-6-4-3-5-7-15)19(11-14-8-9-14)18(21)17-10-16(20(22)23)13(2)24-17/h3-7,10,12,14H,8-9,11H2,1-2H3. The van der Waals surface area contributed by atoms with Crippen LogP contribution < -0.4 is 0 Å². The van der Waals surface area contributed by atoms with E-state index in [-0.39, 0.29) is 17.6 Å². The van der Waals surface area contributed by atoms with Gasteiger partial charge in [-0.2, -0.15) is 0 Å². The summed E-state index contributed by atoms with van der Waals surface area (Å²) in [4.78, 5) is 26.5. The zero-order valence-electron chi connectivity index (χ0n) is 13.8. The van der Waals surface area contributed by atoms with Gasteiger partial charge < -0.3 is 4.90 Å². The van der Waals surface area contributed by atoms with Gasteiger partial charge in [-0.1, -0.05) is 30.3 Å². The van der Waals surface area contributed by atoms with Crippen LogP contribution in [0.5, 0.6) is 0 Å². The maximum Gasteiger partial charge on any atom is 0.283 e. The summed E-state index contributed by atoms with van der Waals surface area (Å²) in [5.41, 5.74) is 1.11. The van der Waals surface area contributed by atoms with Gasteiger partial charge in [-0.15, -0.1) is 11.3 Å². The van der Waals surface area contributed by atoms with Crippen molar-refractivity contribution in [2.24, 2.45) is 5.92 Å². The van der Waals surface area contributed by atoms with E-state index in [0.717, 1.165) is 18.4 Å². The predicted molar refractivity (Wildman–Crippen MR) is 94.3 cm³/mol. The Morgan fingerprint density at radius 3 is 2.58 bits per heavy atom. The van der Waals surface area contributed by atoms with Crippen LogP contribution in [0.3, 0.4) is 0 Å². The Labute approximate surface area is 145 Å². The van der Waals surface area contributed by atoms with Crippen molar-refractivity contribution in [1.29, 1.82) is 0 Å². The third-order valence-corrected chi connectivity index (χ3v) is 5.49. The number of thiophene rings is 1. The lowest BCUT2D eigenvalue weighted by Gasteiger charge is -2.29. The fourth-order valence-corrected chi connectivity index (χ4v) is 3.75. The number of nitrogens with zero attached hydrogens (tertiary/aromatic N) is 2. The van der Waals surface area contributed by atoms with Crippen molar-refractivity contribution in [3.8, 4) is 0 Å². The van der Waals surface area contributed by atoms with Crippen molar-refractivity contribution in [3.05, 3.63) is 61.8 Å². The number of rotatable bonds is 6. The van der Waals surface area contributed by atoms with Crippen LogP contribution in [-0.2, 0) is 0 Å². The van der Waals surface area contributed by atoms with E-state index >= 15 is 0 Å². The molecule has 1 aliphatic rings. The zero-order chi connectivity index (χ0) is 17.3. The second-order valence-electron chi connectivity index (χ2n) is 6.30. The topological polar surface area (TPSA) is 63.5 Å². The zero-order valence-corrected chi connectivity index (χ0v) is 14.6. The molecule has 1 aromatic carbocycles. The molecule has 1 unspecified atom stereocenters. The minimum absolute atomic E-state index is 0.0297. The molecule has 0 N–H and O–H groups in total. The number of carbonyl (C=O) groups excluding carboxylic acids is 1. The van der Waals surface area contributed by atoms with Crippen molar-refractivity contribution in [3.63, 3.8) is 0 Å². The van der Waals surface area contributed by atoms with Gasteiger partial charge in [0.05, 0.1) is 20.7 Å². The van der Waals surface area contributed by atoms with Crippen LogP contribution in [0.25, 0.3) is 0 Å². The lowest BCUT2D eigenvalue weighted by molar-refractivity contribution is -0.385. The molecule has 0 aliphatic heterocycles. The molecule has 0 spiro atoms. The number of benzene rings is 1. The van der Waals surface area contributed by atoms with E-state index in [9.17, 15) is 14.9 Å². The molecule has 1 aromatic heterocycles. The van der Waals surface area contributed by atoms with Crippen LogP contribution in [-0.4, -0.2) is 22.3 Å². The van der Waals surface area contributed by atoms with Crippen LogP contribution in [0.4, 0.5) is 5.69 Å². The second kappa shape index (κ2) is 6.73. The number of aryl methyl sites for hydroxylation is 1. The Balaban J connectivity index is 1.89. The molecule has 1 atom stereocenters. The number of nitro groups is 1. The number of carbonyl (C=O) groups is 1. The van der Waals surface area contributed by atoms with Gasteiger partial charge in [0.1, 0.15) is 0 Å². The van der Waals surface area contributed by atoms with Gasteiger partial charge in [0.25, 0.3) is 11.6 Å². The van der Waals surface area contributed by atoms with Crippen LogP contribution in [0, 0.1) is 23.0 Å². The van der Waals surface area contributed by atoms with Crippen molar-refractivity contribution >= 4 is 22.9 Å². The monoisotopic (exact) mass is 344 g/mol. The van der Waals surface area contributed by atoms with E-state index in [1.54, 1.807) is 6.92 Å². The van der Waals surface area contributed by atoms with Gasteiger partial charge in [0.2, 0.25) is 0 Å². The second-order valence-corrected chi connectivity index (χ2v) is 7.55. The van der Waals surface area contributed by atoms with E-state index < -0.39 is 4.92 Å². The Morgan fingerprint density at radius 1 is 1.38 bits per heavy atom. The van der Waals surface area contributed by atoms with E-state index in [0.29, 0.717) is 22.2 Å². The van der Waals surface area contributed by atoms with Gasteiger partial charge in [0.15, 0.2) is 0 Å². The van der Waals surface area contributed by atoms with Crippen molar-refractivity contribution in [2.45, 2.75) is 32.7 Å². The fourth-order valence-electron chi connectivity index (χ4n) is 2.81. The molecular formula is C18H20N2O3S. The van der Waals surface area contributed by atoms with E-state index in [1.807, 2.05) is 42.2 Å². The maximum atomic E-state index is 13.0. The Hall–Kier alpha value is -2.21. The lowest BCUT2D eigenvalue weighted by Crippen LogP contribution is -2.35. The molecule has 0 radical (unpaired) electrons. The number of amides is 1. The Kier molecular flexibility index (Phi) is 4.66. The average Bonchev–Trinajstić information content (AvgIpc) is 3.31. The molecule has 6 heteroatoms. The molecule has 5 nitrogen and oxygen atoms in total. The summed E-state index contributed by atoms with van der Waals surface area (Å²) in [5, 5.41) is 11.1. The van der Waals surface area contributed by atoms with Gasteiger partial charge in [-0.3, -0.25) is 14.9 Å². The summed E-state index contributed by atoms with van der Waals surface area (Å²) >= 11 is 1.21. The fraction of sp³-hybridized carbons (Fsp3) is 0.389. The summed E-state index contributed by atoms with van der Waals surface area (Å²) in [6.45, 7) is 4.41. The normalized spacial score (nSPS) is 15.1.